The quantitative estimate of drug-likeness (QED) is 0.677. The van der Waals surface area contributed by atoms with Gasteiger partial charge in [-0.25, -0.2) is 8.42 Å². The Balaban J connectivity index is 1.55. The molecule has 0 aromatic heterocycles. The molecule has 0 atom stereocenters. The molecule has 0 bridgehead atoms. The second-order valence-electron chi connectivity index (χ2n) is 6.85. The molecule has 3 rings (SSSR count). The maximum atomic E-state index is 13.0. The summed E-state index contributed by atoms with van der Waals surface area (Å²) >= 11 is 0. The van der Waals surface area contributed by atoms with Gasteiger partial charge in [-0.3, -0.25) is 0 Å². The van der Waals surface area contributed by atoms with Crippen LogP contribution in [0.5, 0.6) is 11.5 Å². The van der Waals surface area contributed by atoms with Crippen molar-refractivity contribution < 1.29 is 17.9 Å². The van der Waals surface area contributed by atoms with Gasteiger partial charge < -0.3 is 14.4 Å². The van der Waals surface area contributed by atoms with E-state index in [1.165, 1.54) is 25.8 Å². The van der Waals surface area contributed by atoms with Crippen LogP contribution in [0, 0.1) is 0 Å². The average molecular weight is 405 g/mol. The topological polar surface area (TPSA) is 59.1 Å². The van der Waals surface area contributed by atoms with Crippen molar-refractivity contribution in [3.05, 3.63) is 54.1 Å². The van der Waals surface area contributed by atoms with Gasteiger partial charge in [-0.15, -0.1) is 0 Å². The molecule has 1 saturated heterocycles. The number of sulfonamides is 1. The number of piperazine rings is 1. The summed E-state index contributed by atoms with van der Waals surface area (Å²) in [5, 5.41) is 0. The van der Waals surface area contributed by atoms with Crippen LogP contribution in [0.25, 0.3) is 0 Å². The second kappa shape index (κ2) is 9.41. The fraction of sp³-hybridized carbons (Fsp3) is 0.429. The first-order valence-corrected chi connectivity index (χ1v) is 11.0. The normalized spacial score (nSPS) is 16.1. The van der Waals surface area contributed by atoms with Crippen LogP contribution >= 0.6 is 0 Å². The summed E-state index contributed by atoms with van der Waals surface area (Å²) in [5.41, 5.74) is 1.34. The molecule has 1 fully saturated rings. The maximum Gasteiger partial charge on any atom is 0.243 e. The third kappa shape index (κ3) is 4.84. The Morgan fingerprint density at radius 1 is 0.893 bits per heavy atom. The lowest BCUT2D eigenvalue weighted by Crippen LogP contribution is -2.48. The maximum absolute atomic E-state index is 13.0. The molecule has 1 aliphatic heterocycles. The minimum atomic E-state index is -3.54. The zero-order valence-electron chi connectivity index (χ0n) is 16.5. The second-order valence-corrected chi connectivity index (χ2v) is 8.79. The first-order chi connectivity index (χ1) is 13.5. The Kier molecular flexibility index (Phi) is 6.93. The summed E-state index contributed by atoms with van der Waals surface area (Å²) in [5.74, 6) is 0.938. The molecule has 1 heterocycles. The highest BCUT2D eigenvalue weighted by molar-refractivity contribution is 7.89. The summed E-state index contributed by atoms with van der Waals surface area (Å²) < 4.78 is 37.9. The standard InChI is InChI=1S/C21H28N2O4S/c1-26-20-11-10-19(17-21(20)27-2)28(24,25)23-15-13-22(14-16-23)12-6-9-18-7-4-3-5-8-18/h3-5,7-8,10-11,17H,6,9,12-16H2,1-2H3. The largest absolute Gasteiger partial charge is 0.493 e. The number of hydrogen-bond acceptors (Lipinski definition) is 5. The number of rotatable bonds is 8. The summed E-state index contributed by atoms with van der Waals surface area (Å²) in [6, 6.07) is 15.2. The van der Waals surface area contributed by atoms with Crippen molar-refractivity contribution in [1.82, 2.24) is 9.21 Å². The van der Waals surface area contributed by atoms with Crippen LogP contribution in [0.3, 0.4) is 0 Å². The van der Waals surface area contributed by atoms with Gasteiger partial charge in [0, 0.05) is 32.2 Å². The van der Waals surface area contributed by atoms with E-state index in [4.69, 9.17) is 9.47 Å². The smallest absolute Gasteiger partial charge is 0.243 e. The van der Waals surface area contributed by atoms with Crippen molar-refractivity contribution in [1.29, 1.82) is 0 Å². The van der Waals surface area contributed by atoms with Crippen molar-refractivity contribution in [2.75, 3.05) is 46.9 Å². The minimum absolute atomic E-state index is 0.239. The molecule has 0 saturated carbocycles. The molecule has 28 heavy (non-hydrogen) atoms. The highest BCUT2D eigenvalue weighted by atomic mass is 32.2. The van der Waals surface area contributed by atoms with E-state index in [0.29, 0.717) is 24.6 Å². The van der Waals surface area contributed by atoms with Gasteiger partial charge in [0.25, 0.3) is 0 Å². The predicted octanol–water partition coefficient (Wildman–Crippen LogP) is 2.64. The molecule has 7 heteroatoms. The number of methoxy groups -OCH3 is 2. The molecule has 1 aliphatic rings. The zero-order chi connectivity index (χ0) is 20.0. The van der Waals surface area contributed by atoms with Crippen LogP contribution in [0.15, 0.2) is 53.4 Å². The zero-order valence-corrected chi connectivity index (χ0v) is 17.3. The van der Waals surface area contributed by atoms with Crippen LogP contribution in [-0.4, -0.2) is 64.6 Å². The predicted molar refractivity (Wildman–Crippen MR) is 110 cm³/mol. The fourth-order valence-electron chi connectivity index (χ4n) is 3.47. The van der Waals surface area contributed by atoms with Crippen LogP contribution < -0.4 is 9.47 Å². The lowest BCUT2D eigenvalue weighted by molar-refractivity contribution is 0.187. The Bertz CT molecular complexity index is 863. The Morgan fingerprint density at radius 2 is 1.57 bits per heavy atom. The van der Waals surface area contributed by atoms with Gasteiger partial charge in [0.05, 0.1) is 19.1 Å². The van der Waals surface area contributed by atoms with Gasteiger partial charge in [-0.05, 0) is 37.1 Å². The molecule has 0 N–H and O–H groups in total. The molecular formula is C21H28N2O4S. The van der Waals surface area contributed by atoms with Crippen molar-refractivity contribution in [2.24, 2.45) is 0 Å². The monoisotopic (exact) mass is 404 g/mol. The SMILES string of the molecule is COc1ccc(S(=O)(=O)N2CCN(CCCc3ccccc3)CC2)cc1OC. The van der Waals surface area contributed by atoms with Gasteiger partial charge >= 0.3 is 0 Å². The summed E-state index contributed by atoms with van der Waals surface area (Å²) in [4.78, 5) is 2.58. The third-order valence-electron chi connectivity index (χ3n) is 5.11. The first-order valence-electron chi connectivity index (χ1n) is 9.53. The Hall–Kier alpha value is -2.09. The van der Waals surface area contributed by atoms with E-state index in [-0.39, 0.29) is 4.90 Å². The number of nitrogens with zero attached hydrogens (tertiary/aromatic N) is 2. The van der Waals surface area contributed by atoms with Crippen molar-refractivity contribution in [2.45, 2.75) is 17.7 Å². The van der Waals surface area contributed by atoms with Gasteiger partial charge in [-0.1, -0.05) is 30.3 Å². The van der Waals surface area contributed by atoms with Crippen molar-refractivity contribution in [3.63, 3.8) is 0 Å². The van der Waals surface area contributed by atoms with Gasteiger partial charge in [0.2, 0.25) is 10.0 Å². The highest BCUT2D eigenvalue weighted by Crippen LogP contribution is 2.30. The molecule has 2 aromatic rings. The van der Waals surface area contributed by atoms with E-state index in [2.05, 4.69) is 29.2 Å². The Morgan fingerprint density at radius 3 is 2.21 bits per heavy atom. The molecule has 0 amide bonds. The van der Waals surface area contributed by atoms with E-state index in [0.717, 1.165) is 32.5 Å². The van der Waals surface area contributed by atoms with Gasteiger partial charge in [-0.2, -0.15) is 4.31 Å². The van der Waals surface area contributed by atoms with E-state index in [1.54, 1.807) is 16.4 Å². The molecule has 0 unspecified atom stereocenters. The summed E-state index contributed by atoms with van der Waals surface area (Å²) in [7, 11) is -0.502. The van der Waals surface area contributed by atoms with Crippen LogP contribution in [-0.2, 0) is 16.4 Å². The minimum Gasteiger partial charge on any atom is -0.493 e. The van der Waals surface area contributed by atoms with Crippen LogP contribution in [0.4, 0.5) is 0 Å². The highest BCUT2D eigenvalue weighted by Gasteiger charge is 2.29. The van der Waals surface area contributed by atoms with E-state index in [1.807, 2.05) is 6.07 Å². The molecule has 0 spiro atoms. The lowest BCUT2D eigenvalue weighted by Gasteiger charge is -2.34. The number of benzene rings is 2. The summed E-state index contributed by atoms with van der Waals surface area (Å²) in [6.45, 7) is 3.49. The molecule has 6 nitrogen and oxygen atoms in total. The summed E-state index contributed by atoms with van der Waals surface area (Å²) in [6.07, 6.45) is 2.12. The van der Waals surface area contributed by atoms with Crippen molar-refractivity contribution in [3.8, 4) is 11.5 Å². The third-order valence-corrected chi connectivity index (χ3v) is 7.00. The molecule has 152 valence electrons. The molecular weight excluding hydrogens is 376 g/mol. The number of aryl methyl sites for hydroxylation is 1. The molecule has 2 aromatic carbocycles. The lowest BCUT2D eigenvalue weighted by atomic mass is 10.1. The van der Waals surface area contributed by atoms with E-state index >= 15 is 0 Å². The van der Waals surface area contributed by atoms with E-state index < -0.39 is 10.0 Å². The first kappa shape index (κ1) is 20.6. The molecule has 0 aliphatic carbocycles. The van der Waals surface area contributed by atoms with E-state index in [9.17, 15) is 8.42 Å². The number of hydrogen-bond donors (Lipinski definition) is 0. The van der Waals surface area contributed by atoms with Crippen LogP contribution in [0.1, 0.15) is 12.0 Å². The fourth-order valence-corrected chi connectivity index (χ4v) is 4.91. The Labute approximate surface area is 167 Å². The van der Waals surface area contributed by atoms with Crippen molar-refractivity contribution >= 4 is 10.0 Å². The molecule has 0 radical (unpaired) electrons. The van der Waals surface area contributed by atoms with Gasteiger partial charge in [0.15, 0.2) is 11.5 Å². The van der Waals surface area contributed by atoms with Crippen LogP contribution in [0.2, 0.25) is 0 Å². The number of ether oxygens (including phenoxy) is 2. The van der Waals surface area contributed by atoms with Gasteiger partial charge in [0.1, 0.15) is 0 Å². The average Bonchev–Trinajstić information content (AvgIpc) is 2.74.